The van der Waals surface area contributed by atoms with Crippen LogP contribution in [-0.4, -0.2) is 26.3 Å². The normalized spacial score (nSPS) is 11.2. The van der Waals surface area contributed by atoms with Crippen LogP contribution in [0.3, 0.4) is 0 Å². The van der Waals surface area contributed by atoms with Gasteiger partial charge < -0.3 is 5.32 Å². The maximum Gasteiger partial charge on any atom is 0.234 e. The number of thiazole rings is 1. The Hall–Kier alpha value is -1.65. The fourth-order valence-corrected chi connectivity index (χ4v) is 4.65. The number of halogens is 1. The van der Waals surface area contributed by atoms with E-state index in [0.29, 0.717) is 0 Å². The highest BCUT2D eigenvalue weighted by molar-refractivity contribution is 14.1. The first-order chi connectivity index (χ1) is 11.7. The first-order valence-electron chi connectivity index (χ1n) is 7.11. The third-order valence-electron chi connectivity index (χ3n) is 3.35. The predicted octanol–water partition coefficient (Wildman–Crippen LogP) is 4.28. The molecule has 5 nitrogen and oxygen atoms in total. The lowest BCUT2D eigenvalue weighted by atomic mass is 10.3. The number of aromatic nitrogens is 3. The number of carbonyl (C=O) groups excluding carboxylic acids is 1. The Labute approximate surface area is 159 Å². The number of nitrogens with one attached hydrogen (secondary N) is 1. The van der Waals surface area contributed by atoms with Gasteiger partial charge in [-0.3, -0.25) is 9.20 Å². The van der Waals surface area contributed by atoms with Crippen molar-refractivity contribution in [1.29, 1.82) is 0 Å². The van der Waals surface area contributed by atoms with Gasteiger partial charge in [0.05, 0.1) is 16.0 Å². The largest absolute Gasteiger partial charge is 0.325 e. The summed E-state index contributed by atoms with van der Waals surface area (Å²) in [5.74, 6) is 0.231. The molecule has 0 aliphatic heterocycles. The second-order valence-electron chi connectivity index (χ2n) is 5.02. The van der Waals surface area contributed by atoms with Gasteiger partial charge in [0.15, 0.2) is 5.16 Å². The van der Waals surface area contributed by atoms with Gasteiger partial charge in [-0.2, -0.15) is 0 Å². The molecule has 0 unspecified atom stereocenters. The van der Waals surface area contributed by atoms with Crippen LogP contribution in [0, 0.1) is 3.57 Å². The summed E-state index contributed by atoms with van der Waals surface area (Å²) < 4.78 is 4.25. The Balaban J connectivity index is 1.51. The van der Waals surface area contributed by atoms with E-state index in [9.17, 15) is 4.79 Å². The van der Waals surface area contributed by atoms with Gasteiger partial charge >= 0.3 is 0 Å². The minimum Gasteiger partial charge on any atom is -0.325 e. The molecular weight excluding hydrogens is 455 g/mol. The number of hydrogen-bond acceptors (Lipinski definition) is 5. The zero-order chi connectivity index (χ0) is 16.5. The zero-order valence-electron chi connectivity index (χ0n) is 12.3. The van der Waals surface area contributed by atoms with Crippen molar-refractivity contribution >= 4 is 72.5 Å². The zero-order valence-corrected chi connectivity index (χ0v) is 16.1. The highest BCUT2D eigenvalue weighted by atomic mass is 127. The van der Waals surface area contributed by atoms with Crippen LogP contribution in [0.2, 0.25) is 0 Å². The molecule has 4 aromatic rings. The predicted molar refractivity (Wildman–Crippen MR) is 107 cm³/mol. The van der Waals surface area contributed by atoms with Gasteiger partial charge in [-0.05, 0) is 52.9 Å². The molecule has 0 fully saturated rings. The van der Waals surface area contributed by atoms with Crippen LogP contribution in [0.5, 0.6) is 0 Å². The second-order valence-corrected chi connectivity index (χ2v) is 8.21. The van der Waals surface area contributed by atoms with E-state index in [1.807, 2.05) is 46.9 Å². The van der Waals surface area contributed by atoms with Crippen molar-refractivity contribution in [1.82, 2.24) is 14.6 Å². The molecule has 2 aromatic carbocycles. The lowest BCUT2D eigenvalue weighted by Gasteiger charge is -2.04. The van der Waals surface area contributed by atoms with Crippen molar-refractivity contribution in [3.63, 3.8) is 0 Å². The molecule has 0 atom stereocenters. The lowest BCUT2D eigenvalue weighted by molar-refractivity contribution is -0.113. The van der Waals surface area contributed by atoms with Crippen LogP contribution < -0.4 is 5.32 Å². The average Bonchev–Trinajstić information content (AvgIpc) is 3.12. The monoisotopic (exact) mass is 466 g/mol. The van der Waals surface area contributed by atoms with Crippen LogP contribution in [-0.2, 0) is 4.79 Å². The summed E-state index contributed by atoms with van der Waals surface area (Å²) in [6, 6.07) is 15.8. The Morgan fingerprint density at radius 2 is 2.08 bits per heavy atom. The van der Waals surface area contributed by atoms with Crippen molar-refractivity contribution < 1.29 is 4.79 Å². The second kappa shape index (κ2) is 6.69. The summed E-state index contributed by atoms with van der Waals surface area (Å²) in [7, 11) is 0. The number of amides is 1. The molecule has 2 aromatic heterocycles. The fraction of sp³-hybridized carbons (Fsp3) is 0.0625. The molecule has 0 aliphatic carbocycles. The Bertz CT molecular complexity index is 1040. The molecule has 0 spiro atoms. The molecule has 4 rings (SSSR count). The highest BCUT2D eigenvalue weighted by Gasteiger charge is 2.14. The molecular formula is C16H11IN4OS2. The van der Waals surface area contributed by atoms with E-state index in [1.165, 1.54) is 11.8 Å². The molecule has 2 heterocycles. The SMILES string of the molecule is O=C(CSc1nnc2sc3ccccc3n12)Nc1cccc(I)c1. The summed E-state index contributed by atoms with van der Waals surface area (Å²) in [5, 5.41) is 12.1. The average molecular weight is 466 g/mol. The van der Waals surface area contributed by atoms with Crippen LogP contribution in [0.25, 0.3) is 15.2 Å². The Morgan fingerprint density at radius 3 is 2.96 bits per heavy atom. The first kappa shape index (κ1) is 15.9. The van der Waals surface area contributed by atoms with E-state index in [4.69, 9.17) is 0 Å². The Morgan fingerprint density at radius 1 is 1.21 bits per heavy atom. The van der Waals surface area contributed by atoms with E-state index in [1.54, 1.807) is 11.3 Å². The molecule has 120 valence electrons. The summed E-state index contributed by atoms with van der Waals surface area (Å²) in [6.45, 7) is 0. The van der Waals surface area contributed by atoms with E-state index in [0.717, 1.165) is 29.6 Å². The molecule has 0 saturated heterocycles. The van der Waals surface area contributed by atoms with E-state index >= 15 is 0 Å². The maximum atomic E-state index is 12.2. The number of nitrogens with zero attached hydrogens (tertiary/aromatic N) is 3. The van der Waals surface area contributed by atoms with Crippen molar-refractivity contribution in [2.75, 3.05) is 11.1 Å². The molecule has 0 aliphatic rings. The van der Waals surface area contributed by atoms with Crippen molar-refractivity contribution in [2.45, 2.75) is 5.16 Å². The third kappa shape index (κ3) is 3.13. The molecule has 24 heavy (non-hydrogen) atoms. The number of fused-ring (bicyclic) bond motifs is 3. The number of carbonyl (C=O) groups is 1. The van der Waals surface area contributed by atoms with Crippen LogP contribution in [0.4, 0.5) is 5.69 Å². The van der Waals surface area contributed by atoms with Crippen LogP contribution >= 0.6 is 45.7 Å². The van der Waals surface area contributed by atoms with E-state index < -0.39 is 0 Å². The van der Waals surface area contributed by atoms with Gasteiger partial charge in [-0.1, -0.05) is 41.3 Å². The van der Waals surface area contributed by atoms with Crippen molar-refractivity contribution in [2.24, 2.45) is 0 Å². The topological polar surface area (TPSA) is 59.3 Å². The van der Waals surface area contributed by atoms with Crippen molar-refractivity contribution in [3.8, 4) is 0 Å². The van der Waals surface area contributed by atoms with Gasteiger partial charge in [-0.15, -0.1) is 10.2 Å². The number of para-hydroxylation sites is 1. The molecule has 8 heteroatoms. The van der Waals surface area contributed by atoms with Crippen LogP contribution in [0.15, 0.2) is 53.7 Å². The number of anilines is 1. The molecule has 1 amide bonds. The minimum atomic E-state index is -0.0571. The smallest absolute Gasteiger partial charge is 0.234 e. The molecule has 1 N–H and O–H groups in total. The van der Waals surface area contributed by atoms with Gasteiger partial charge in [0.1, 0.15) is 0 Å². The summed E-state index contributed by atoms with van der Waals surface area (Å²) >= 11 is 5.21. The number of benzene rings is 2. The Kier molecular flexibility index (Phi) is 4.42. The number of hydrogen-bond donors (Lipinski definition) is 1. The first-order valence-corrected chi connectivity index (χ1v) is 10.00. The van der Waals surface area contributed by atoms with Crippen LogP contribution in [0.1, 0.15) is 0 Å². The third-order valence-corrected chi connectivity index (χ3v) is 5.96. The lowest BCUT2D eigenvalue weighted by Crippen LogP contribution is -2.14. The molecule has 0 radical (unpaired) electrons. The number of rotatable bonds is 4. The van der Waals surface area contributed by atoms with Gasteiger partial charge in [0, 0.05) is 9.26 Å². The highest BCUT2D eigenvalue weighted by Crippen LogP contribution is 2.29. The fourth-order valence-electron chi connectivity index (χ4n) is 2.34. The summed E-state index contributed by atoms with van der Waals surface area (Å²) in [5.41, 5.74) is 1.88. The quantitative estimate of drug-likeness (QED) is 0.361. The minimum absolute atomic E-state index is 0.0571. The van der Waals surface area contributed by atoms with E-state index in [-0.39, 0.29) is 11.7 Å². The number of thioether (sulfide) groups is 1. The maximum absolute atomic E-state index is 12.2. The molecule has 0 bridgehead atoms. The summed E-state index contributed by atoms with van der Waals surface area (Å²) in [4.78, 5) is 13.0. The van der Waals surface area contributed by atoms with Crippen molar-refractivity contribution in [3.05, 3.63) is 52.1 Å². The van der Waals surface area contributed by atoms with E-state index in [2.05, 4.69) is 44.2 Å². The van der Waals surface area contributed by atoms with Gasteiger partial charge in [0.2, 0.25) is 10.9 Å². The molecule has 0 saturated carbocycles. The summed E-state index contributed by atoms with van der Waals surface area (Å²) in [6.07, 6.45) is 0. The van der Waals surface area contributed by atoms with Gasteiger partial charge in [-0.25, -0.2) is 0 Å². The van der Waals surface area contributed by atoms with Gasteiger partial charge in [0.25, 0.3) is 0 Å². The standard InChI is InChI=1S/C16H11IN4OS2/c17-10-4-3-5-11(8-10)18-14(22)9-23-15-19-20-16-21(15)12-6-1-2-7-13(12)24-16/h1-8H,9H2,(H,18,22).